The third-order valence-corrected chi connectivity index (χ3v) is 4.34. The van der Waals surface area contributed by atoms with Gasteiger partial charge in [0, 0.05) is 6.54 Å². The van der Waals surface area contributed by atoms with Crippen LogP contribution in [0.2, 0.25) is 0 Å². The predicted octanol–water partition coefficient (Wildman–Crippen LogP) is 3.95. The molecule has 0 radical (unpaired) electrons. The molecule has 0 fully saturated rings. The van der Waals surface area contributed by atoms with E-state index >= 15 is 0 Å². The highest BCUT2D eigenvalue weighted by Crippen LogP contribution is 2.35. The van der Waals surface area contributed by atoms with Gasteiger partial charge in [-0.25, -0.2) is 0 Å². The summed E-state index contributed by atoms with van der Waals surface area (Å²) in [7, 11) is 0. The van der Waals surface area contributed by atoms with Crippen molar-refractivity contribution in [3.63, 3.8) is 0 Å². The van der Waals surface area contributed by atoms with Crippen molar-refractivity contribution in [1.29, 1.82) is 0 Å². The number of hydrogen-bond donors (Lipinski definition) is 1. The monoisotopic (exact) mass is 294 g/mol. The van der Waals surface area contributed by atoms with Gasteiger partial charge in [-0.05, 0) is 31.0 Å². The number of nitrogens with zero attached hydrogens (tertiary/aromatic N) is 1. The normalized spacial score (nSPS) is 20.5. The van der Waals surface area contributed by atoms with Crippen LogP contribution in [0.3, 0.4) is 0 Å². The first-order valence-corrected chi connectivity index (χ1v) is 7.87. The Hall–Kier alpha value is -2.29. The van der Waals surface area contributed by atoms with Gasteiger partial charge in [-0.2, -0.15) is 0 Å². The fourth-order valence-electron chi connectivity index (χ4n) is 3.26. The van der Waals surface area contributed by atoms with Crippen LogP contribution in [0.5, 0.6) is 0 Å². The number of hydrogen-bond acceptors (Lipinski definition) is 2. The lowest BCUT2D eigenvalue weighted by molar-refractivity contribution is 0.0881. The minimum absolute atomic E-state index is 0.0239. The second-order valence-corrected chi connectivity index (χ2v) is 6.07. The summed E-state index contributed by atoms with van der Waals surface area (Å²) in [4.78, 5) is 14.8. The Labute approximate surface area is 132 Å². The summed E-state index contributed by atoms with van der Waals surface area (Å²) in [5, 5.41) is 3.21. The highest BCUT2D eigenvalue weighted by atomic mass is 16.2. The van der Waals surface area contributed by atoms with Crippen LogP contribution in [-0.4, -0.2) is 11.6 Å². The van der Waals surface area contributed by atoms with Gasteiger partial charge in [-0.15, -0.1) is 0 Å². The summed E-state index contributed by atoms with van der Waals surface area (Å²) in [6.07, 6.45) is 1.93. The molecule has 1 aliphatic rings. The molecule has 0 bridgehead atoms. The molecule has 1 amide bonds. The smallest absolute Gasteiger partial charge is 0.255 e. The first kappa shape index (κ1) is 14.6. The summed E-state index contributed by atoms with van der Waals surface area (Å²) in [6.45, 7) is 5.06. The maximum Gasteiger partial charge on any atom is 0.255 e. The van der Waals surface area contributed by atoms with Crippen LogP contribution >= 0.6 is 0 Å². The van der Waals surface area contributed by atoms with Gasteiger partial charge in [0.05, 0.1) is 11.3 Å². The summed E-state index contributed by atoms with van der Waals surface area (Å²) in [5.41, 5.74) is 2.67. The zero-order chi connectivity index (χ0) is 15.6. The average molecular weight is 294 g/mol. The van der Waals surface area contributed by atoms with Gasteiger partial charge in [0.25, 0.3) is 5.91 Å². The van der Waals surface area contributed by atoms with Crippen molar-refractivity contribution in [2.45, 2.75) is 38.9 Å². The Kier molecular flexibility index (Phi) is 3.88. The third kappa shape index (κ3) is 2.59. The molecule has 22 heavy (non-hydrogen) atoms. The van der Waals surface area contributed by atoms with Gasteiger partial charge in [-0.1, -0.05) is 55.8 Å². The van der Waals surface area contributed by atoms with Crippen molar-refractivity contribution in [1.82, 2.24) is 5.32 Å². The Morgan fingerprint density at radius 1 is 1.05 bits per heavy atom. The molecule has 2 aromatic rings. The summed E-state index contributed by atoms with van der Waals surface area (Å²) in [6, 6.07) is 18.3. The molecule has 3 heteroatoms. The molecular formula is C19H22N2O. The highest BCUT2D eigenvalue weighted by Gasteiger charge is 2.39. The molecule has 1 aliphatic heterocycles. The van der Waals surface area contributed by atoms with Crippen LogP contribution in [0.25, 0.3) is 0 Å². The number of amides is 1. The Balaban J connectivity index is 2.04. The molecule has 1 atom stereocenters. The van der Waals surface area contributed by atoms with E-state index in [1.54, 1.807) is 0 Å². The van der Waals surface area contributed by atoms with Crippen molar-refractivity contribution in [2.24, 2.45) is 0 Å². The maximum absolute atomic E-state index is 12.4. The maximum atomic E-state index is 12.4. The lowest BCUT2D eigenvalue weighted by Crippen LogP contribution is -2.62. The molecule has 2 aromatic carbocycles. The van der Waals surface area contributed by atoms with Crippen LogP contribution in [-0.2, 0) is 6.54 Å². The molecule has 0 aromatic heterocycles. The van der Waals surface area contributed by atoms with E-state index in [1.807, 2.05) is 30.3 Å². The molecule has 114 valence electrons. The zero-order valence-corrected chi connectivity index (χ0v) is 13.2. The molecule has 1 N–H and O–H groups in total. The van der Waals surface area contributed by atoms with Crippen molar-refractivity contribution < 1.29 is 4.79 Å². The first-order chi connectivity index (χ1) is 10.6. The van der Waals surface area contributed by atoms with Crippen LogP contribution < -0.4 is 10.2 Å². The van der Waals surface area contributed by atoms with E-state index < -0.39 is 0 Å². The fraction of sp³-hybridized carbons (Fsp3) is 0.316. The lowest BCUT2D eigenvalue weighted by Gasteiger charge is -2.47. The number of carbonyl (C=O) groups is 1. The molecule has 0 saturated carbocycles. The van der Waals surface area contributed by atoms with Gasteiger partial charge < -0.3 is 10.2 Å². The summed E-state index contributed by atoms with van der Waals surface area (Å²) in [5.74, 6) is 0.0239. The minimum atomic E-state index is -0.351. The predicted molar refractivity (Wildman–Crippen MR) is 89.8 cm³/mol. The van der Waals surface area contributed by atoms with E-state index in [1.165, 1.54) is 5.56 Å². The van der Waals surface area contributed by atoms with Crippen molar-refractivity contribution in [3.8, 4) is 0 Å². The highest BCUT2D eigenvalue weighted by molar-refractivity contribution is 6.02. The number of anilines is 1. The SMILES string of the molecule is CCCC1(C)NC(=O)c2ccccc2N1Cc1ccccc1. The fourth-order valence-corrected chi connectivity index (χ4v) is 3.26. The van der Waals surface area contributed by atoms with E-state index in [0.29, 0.717) is 0 Å². The van der Waals surface area contributed by atoms with Crippen LogP contribution in [0, 0.1) is 0 Å². The van der Waals surface area contributed by atoms with Crippen molar-refractivity contribution >= 4 is 11.6 Å². The summed E-state index contributed by atoms with van der Waals surface area (Å²) >= 11 is 0. The standard InChI is InChI=1S/C19H22N2O/c1-3-13-19(2)20-18(22)16-11-7-8-12-17(16)21(19)14-15-9-5-4-6-10-15/h4-12H,3,13-14H2,1-2H3,(H,20,22). The minimum Gasteiger partial charge on any atom is -0.344 e. The van der Waals surface area contributed by atoms with E-state index in [4.69, 9.17) is 0 Å². The Bertz CT molecular complexity index is 668. The molecule has 3 rings (SSSR count). The van der Waals surface area contributed by atoms with Crippen molar-refractivity contribution in [3.05, 3.63) is 65.7 Å². The molecule has 1 heterocycles. The number of rotatable bonds is 4. The second-order valence-electron chi connectivity index (χ2n) is 6.07. The van der Waals surface area contributed by atoms with Crippen molar-refractivity contribution in [2.75, 3.05) is 4.90 Å². The van der Waals surface area contributed by atoms with Gasteiger partial charge in [0.2, 0.25) is 0 Å². The number of fused-ring (bicyclic) bond motifs is 1. The van der Waals surface area contributed by atoms with E-state index in [-0.39, 0.29) is 11.6 Å². The molecule has 0 saturated heterocycles. The van der Waals surface area contributed by atoms with E-state index in [0.717, 1.165) is 30.6 Å². The topological polar surface area (TPSA) is 32.3 Å². The number of para-hydroxylation sites is 1. The van der Waals surface area contributed by atoms with Gasteiger partial charge in [-0.3, -0.25) is 4.79 Å². The van der Waals surface area contributed by atoms with Crippen LogP contribution in [0.15, 0.2) is 54.6 Å². The Morgan fingerprint density at radius 2 is 1.73 bits per heavy atom. The molecular weight excluding hydrogens is 272 g/mol. The molecule has 0 spiro atoms. The van der Waals surface area contributed by atoms with Gasteiger partial charge >= 0.3 is 0 Å². The van der Waals surface area contributed by atoms with E-state index in [2.05, 4.69) is 48.3 Å². The first-order valence-electron chi connectivity index (χ1n) is 7.87. The third-order valence-electron chi connectivity index (χ3n) is 4.34. The average Bonchev–Trinajstić information content (AvgIpc) is 2.53. The lowest BCUT2D eigenvalue weighted by atomic mass is 9.95. The van der Waals surface area contributed by atoms with Crippen LogP contribution in [0.4, 0.5) is 5.69 Å². The number of benzene rings is 2. The quantitative estimate of drug-likeness (QED) is 0.926. The second kappa shape index (κ2) is 5.84. The Morgan fingerprint density at radius 3 is 2.45 bits per heavy atom. The molecule has 3 nitrogen and oxygen atoms in total. The molecule has 1 unspecified atom stereocenters. The zero-order valence-electron chi connectivity index (χ0n) is 13.2. The van der Waals surface area contributed by atoms with Gasteiger partial charge in [0.15, 0.2) is 0 Å². The van der Waals surface area contributed by atoms with Crippen LogP contribution in [0.1, 0.15) is 42.6 Å². The largest absolute Gasteiger partial charge is 0.344 e. The molecule has 0 aliphatic carbocycles. The van der Waals surface area contributed by atoms with Gasteiger partial charge in [0.1, 0.15) is 5.66 Å². The number of carbonyl (C=O) groups excluding carboxylic acids is 1. The summed E-state index contributed by atoms with van der Waals surface area (Å²) < 4.78 is 0. The number of nitrogens with one attached hydrogen (secondary N) is 1. The van der Waals surface area contributed by atoms with E-state index in [9.17, 15) is 4.79 Å².